The Morgan fingerprint density at radius 3 is 1.67 bits per heavy atom. The highest BCUT2D eigenvalue weighted by Crippen LogP contribution is 2.29. The summed E-state index contributed by atoms with van der Waals surface area (Å²) in [6, 6.07) is 15.7. The second kappa shape index (κ2) is 13.7. The number of amides is 1. The van der Waals surface area contributed by atoms with E-state index in [-0.39, 0.29) is 41.1 Å². The first kappa shape index (κ1) is 32.4. The third kappa shape index (κ3) is 7.22. The number of halogens is 3. The Hall–Kier alpha value is -4.07. The molecule has 0 fully saturated rings. The fourth-order valence-corrected chi connectivity index (χ4v) is 5.43. The number of nitrogens with one attached hydrogen (secondary N) is 1. The molecule has 10 nitrogen and oxygen atoms in total. The quantitative estimate of drug-likeness (QED) is 0.102. The highest BCUT2D eigenvalue weighted by Gasteiger charge is 2.33. The highest BCUT2D eigenvalue weighted by atomic mass is 35.5. The van der Waals surface area contributed by atoms with Crippen molar-refractivity contribution in [3.8, 4) is 0 Å². The predicted octanol–water partition coefficient (Wildman–Crippen LogP) is 6.96. The summed E-state index contributed by atoms with van der Waals surface area (Å²) >= 11 is 18.7. The molecule has 0 unspecified atom stereocenters. The molecule has 6 rings (SSSR count). The van der Waals surface area contributed by atoms with Gasteiger partial charge in [-0.3, -0.25) is 9.59 Å². The van der Waals surface area contributed by atoms with Crippen LogP contribution in [0.2, 0.25) is 8.67 Å². The van der Waals surface area contributed by atoms with Gasteiger partial charge in [0, 0.05) is 5.69 Å². The number of anilines is 2. The zero-order valence-corrected chi connectivity index (χ0v) is 24.0. The summed E-state index contributed by atoms with van der Waals surface area (Å²) in [5, 5.41) is 2.13. The topological polar surface area (TPSA) is 159 Å². The molecule has 2 aromatic carbocycles. The lowest BCUT2D eigenvalue weighted by Crippen LogP contribution is -2.13. The number of nitrogen functional groups attached to an aromatic ring is 1. The van der Waals surface area contributed by atoms with E-state index in [2.05, 4.69) is 14.8 Å². The number of hydrogen-bond donors (Lipinski definition) is 2. The van der Waals surface area contributed by atoms with Gasteiger partial charge in [0.15, 0.2) is 0 Å². The van der Waals surface area contributed by atoms with Crippen molar-refractivity contribution in [3.63, 3.8) is 0 Å². The average Bonchev–Trinajstić information content (AvgIpc) is 3.69. The van der Waals surface area contributed by atoms with E-state index >= 15 is 0 Å². The first-order valence-corrected chi connectivity index (χ1v) is 13.8. The fraction of sp³-hybridized carbons (Fsp3) is 0.0370. The van der Waals surface area contributed by atoms with Gasteiger partial charge in [-0.15, -0.1) is 22.7 Å². The monoisotopic (exact) mass is 666 g/mol. The number of carbonyl (C=O) groups excluding carboxylic acids is 6. The van der Waals surface area contributed by atoms with Crippen molar-refractivity contribution in [3.05, 3.63) is 101 Å². The Morgan fingerprint density at radius 2 is 1.19 bits per heavy atom. The van der Waals surface area contributed by atoms with E-state index in [9.17, 15) is 28.8 Å². The van der Waals surface area contributed by atoms with Crippen molar-refractivity contribution in [1.29, 1.82) is 0 Å². The number of fused-ring (bicyclic) bond motifs is 2. The summed E-state index contributed by atoms with van der Waals surface area (Å²) < 4.78 is 9.94. The minimum atomic E-state index is -0.759. The molecule has 0 saturated heterocycles. The van der Waals surface area contributed by atoms with Crippen molar-refractivity contribution in [2.24, 2.45) is 0 Å². The van der Waals surface area contributed by atoms with Crippen molar-refractivity contribution in [2.45, 2.75) is 7.43 Å². The highest BCUT2D eigenvalue weighted by molar-refractivity contribution is 7.19. The normalized spacial score (nSPS) is 12.4. The van der Waals surface area contributed by atoms with Crippen molar-refractivity contribution >= 4 is 104 Å². The maximum Gasteiger partial charge on any atom is 0.349 e. The minimum Gasteiger partial charge on any atom is -0.398 e. The zero-order valence-electron chi connectivity index (χ0n) is 20.1. The molecule has 0 aliphatic carbocycles. The van der Waals surface area contributed by atoms with Gasteiger partial charge in [-0.05, 0) is 60.1 Å². The van der Waals surface area contributed by atoms with Crippen LogP contribution in [0.3, 0.4) is 0 Å². The number of nitrogens with two attached hydrogens (primary N) is 1. The summed E-state index contributed by atoms with van der Waals surface area (Å²) in [5.74, 6) is -3.15. The standard InChI is InChI=1S/C13H6ClNO4S.C8H5NO3.C5H2Cl2OS.CH4/c14-9-5-4-8(20-9)11(16)15-7-3-1-2-6-10(7)13(18)19-12(6)17;9-5-3-1-2-4-6(5)8(11)12-7(4)10;6-4-2-1-3(9-4)5(7)8;/h1-5H,(H,15,16);1-3H,9H2;1-2H;1H4. The van der Waals surface area contributed by atoms with Gasteiger partial charge in [0.1, 0.15) is 0 Å². The van der Waals surface area contributed by atoms with E-state index in [0.29, 0.717) is 18.4 Å². The first-order valence-electron chi connectivity index (χ1n) is 11.0. The summed E-state index contributed by atoms with van der Waals surface area (Å²) in [6.45, 7) is 0. The van der Waals surface area contributed by atoms with Gasteiger partial charge in [0.25, 0.3) is 11.1 Å². The Kier molecular flexibility index (Phi) is 10.6. The lowest BCUT2D eigenvalue weighted by molar-refractivity contribution is 0.0426. The number of rotatable bonds is 3. The molecule has 0 radical (unpaired) electrons. The van der Waals surface area contributed by atoms with Crippen LogP contribution in [0.15, 0.2) is 60.7 Å². The third-order valence-electron chi connectivity index (χ3n) is 5.19. The predicted molar refractivity (Wildman–Crippen MR) is 160 cm³/mol. The fourth-order valence-electron chi connectivity index (χ4n) is 3.44. The van der Waals surface area contributed by atoms with Gasteiger partial charge in [-0.2, -0.15) is 0 Å². The molecule has 3 N–H and O–H groups in total. The van der Waals surface area contributed by atoms with E-state index in [1.54, 1.807) is 42.5 Å². The lowest BCUT2D eigenvalue weighted by atomic mass is 10.1. The molecule has 0 bridgehead atoms. The van der Waals surface area contributed by atoms with Gasteiger partial charge in [0.05, 0.1) is 46.4 Å². The van der Waals surface area contributed by atoms with Crippen LogP contribution in [-0.2, 0) is 9.47 Å². The number of benzene rings is 2. The Bertz CT molecular complexity index is 1750. The Labute approximate surface area is 260 Å². The Morgan fingerprint density at radius 1 is 0.690 bits per heavy atom. The maximum absolute atomic E-state index is 12.0. The number of carbonyl (C=O) groups is 6. The van der Waals surface area contributed by atoms with Gasteiger partial charge < -0.3 is 20.5 Å². The number of cyclic esters (lactones) is 4. The molecule has 15 heteroatoms. The molecule has 2 aliphatic heterocycles. The molecule has 0 saturated carbocycles. The van der Waals surface area contributed by atoms with E-state index in [0.717, 1.165) is 11.3 Å². The molecule has 1 amide bonds. The van der Waals surface area contributed by atoms with Gasteiger partial charge in [0.2, 0.25) is 0 Å². The van der Waals surface area contributed by atoms with E-state index in [1.807, 2.05) is 0 Å². The van der Waals surface area contributed by atoms with E-state index < -0.39 is 35.0 Å². The zero-order chi connectivity index (χ0) is 29.8. The summed E-state index contributed by atoms with van der Waals surface area (Å²) in [5.41, 5.74) is 6.66. The van der Waals surface area contributed by atoms with Crippen LogP contribution >= 0.6 is 57.5 Å². The van der Waals surface area contributed by atoms with Crippen LogP contribution in [0, 0.1) is 0 Å². The van der Waals surface area contributed by atoms with E-state index in [1.165, 1.54) is 29.5 Å². The molecule has 2 aliphatic rings. The van der Waals surface area contributed by atoms with Crippen LogP contribution in [0.5, 0.6) is 0 Å². The second-order valence-corrected chi connectivity index (χ2v) is 11.6. The summed E-state index contributed by atoms with van der Waals surface area (Å²) in [4.78, 5) is 68.2. The number of esters is 4. The van der Waals surface area contributed by atoms with Crippen LogP contribution < -0.4 is 11.1 Å². The van der Waals surface area contributed by atoms with Gasteiger partial charge in [-0.25, -0.2) is 19.2 Å². The van der Waals surface area contributed by atoms with E-state index in [4.69, 9.17) is 40.5 Å². The summed E-state index contributed by atoms with van der Waals surface area (Å²) in [7, 11) is 0. The average molecular weight is 668 g/mol. The van der Waals surface area contributed by atoms with Gasteiger partial charge >= 0.3 is 23.9 Å². The van der Waals surface area contributed by atoms with Crippen LogP contribution in [0.4, 0.5) is 11.4 Å². The molecule has 42 heavy (non-hydrogen) atoms. The molecular formula is C27H17Cl3N2O8S2. The molecule has 4 aromatic rings. The first-order chi connectivity index (χ1) is 19.5. The number of hydrogen-bond acceptors (Lipinski definition) is 11. The molecular weight excluding hydrogens is 651 g/mol. The van der Waals surface area contributed by atoms with Crippen LogP contribution in [-0.4, -0.2) is 35.0 Å². The SMILES string of the molecule is C.Nc1cccc2c1C(=O)OC2=O.O=C(Cl)c1ccc(Cl)s1.O=C(Nc1cccc2c1C(=O)OC2=O)c1ccc(Cl)s1. The van der Waals surface area contributed by atoms with Crippen molar-refractivity contribution in [2.75, 3.05) is 11.1 Å². The number of ether oxygens (including phenoxy) is 2. The molecule has 2 aromatic heterocycles. The molecule has 4 heterocycles. The van der Waals surface area contributed by atoms with Crippen LogP contribution in [0.1, 0.15) is 68.2 Å². The van der Waals surface area contributed by atoms with Crippen LogP contribution in [0.25, 0.3) is 0 Å². The molecule has 0 atom stereocenters. The molecule has 0 spiro atoms. The minimum absolute atomic E-state index is 0. The number of thiophene rings is 2. The summed E-state index contributed by atoms with van der Waals surface area (Å²) in [6.07, 6.45) is 0. The largest absolute Gasteiger partial charge is 0.398 e. The molecule has 216 valence electrons. The smallest absolute Gasteiger partial charge is 0.349 e. The van der Waals surface area contributed by atoms with Crippen molar-refractivity contribution < 1.29 is 38.2 Å². The maximum atomic E-state index is 12.0. The lowest BCUT2D eigenvalue weighted by Gasteiger charge is -2.06. The second-order valence-electron chi connectivity index (χ2n) is 7.79. The van der Waals surface area contributed by atoms with Gasteiger partial charge in [-0.1, -0.05) is 42.8 Å². The third-order valence-corrected chi connectivity index (χ3v) is 7.97. The van der Waals surface area contributed by atoms with Crippen molar-refractivity contribution in [1.82, 2.24) is 0 Å². The Balaban J connectivity index is 0.000000188.